The minimum Gasteiger partial charge on any atom is -0.467 e. The van der Waals surface area contributed by atoms with Gasteiger partial charge >= 0.3 is 6.01 Å². The van der Waals surface area contributed by atoms with E-state index in [1.165, 1.54) is 0 Å². The van der Waals surface area contributed by atoms with E-state index in [2.05, 4.69) is 30.6 Å². The van der Waals surface area contributed by atoms with E-state index in [1.54, 1.807) is 12.6 Å². The molecule has 0 radical (unpaired) electrons. The molecule has 4 rings (SSSR count). The largest absolute Gasteiger partial charge is 0.467 e. The summed E-state index contributed by atoms with van der Waals surface area (Å²) in [5, 5.41) is 6.30. The molecule has 0 saturated carbocycles. The summed E-state index contributed by atoms with van der Waals surface area (Å²) in [5.74, 6) is 1.56. The normalized spacial score (nSPS) is 10.9. The Morgan fingerprint density at radius 3 is 2.85 bits per heavy atom. The zero-order valence-corrected chi connectivity index (χ0v) is 15.0. The lowest BCUT2D eigenvalue weighted by Crippen LogP contribution is -2.09. The molecule has 0 aliphatic rings. The zero-order chi connectivity index (χ0) is 18.6. The molecule has 9 nitrogen and oxygen atoms in total. The second-order valence-electron chi connectivity index (χ2n) is 5.82. The molecule has 3 heterocycles. The molecule has 0 amide bonds. The monoisotopic (exact) mass is 365 g/mol. The van der Waals surface area contributed by atoms with Crippen LogP contribution >= 0.6 is 0 Å². The Bertz CT molecular complexity index is 1040. The third-order valence-corrected chi connectivity index (χ3v) is 3.87. The highest BCUT2D eigenvalue weighted by molar-refractivity contribution is 5.80. The van der Waals surface area contributed by atoms with Gasteiger partial charge in [0.2, 0.25) is 11.9 Å². The smallest absolute Gasteiger partial charge is 0.323 e. The van der Waals surface area contributed by atoms with Gasteiger partial charge in [-0.1, -0.05) is 0 Å². The second-order valence-corrected chi connectivity index (χ2v) is 5.82. The van der Waals surface area contributed by atoms with Crippen molar-refractivity contribution in [3.8, 4) is 6.01 Å². The highest BCUT2D eigenvalue weighted by Crippen LogP contribution is 2.21. The average Bonchev–Trinajstić information content (AvgIpc) is 3.30. The first-order valence-corrected chi connectivity index (χ1v) is 8.54. The quantitative estimate of drug-likeness (QED) is 0.515. The van der Waals surface area contributed by atoms with Crippen LogP contribution in [0.1, 0.15) is 12.7 Å². The summed E-state index contributed by atoms with van der Waals surface area (Å²) >= 11 is 0. The molecule has 1 aromatic carbocycles. The first kappa shape index (κ1) is 16.8. The summed E-state index contributed by atoms with van der Waals surface area (Å²) in [4.78, 5) is 17.3. The number of hydrogen-bond donors (Lipinski definition) is 2. The van der Waals surface area contributed by atoms with Crippen molar-refractivity contribution in [3.05, 3.63) is 48.7 Å². The number of imidazole rings is 1. The minimum atomic E-state index is 0.246. The van der Waals surface area contributed by atoms with Crippen molar-refractivity contribution in [1.29, 1.82) is 0 Å². The van der Waals surface area contributed by atoms with Crippen LogP contribution in [0, 0.1) is 0 Å². The van der Waals surface area contributed by atoms with Crippen LogP contribution in [-0.2, 0) is 13.6 Å². The van der Waals surface area contributed by atoms with Crippen LogP contribution in [0.2, 0.25) is 0 Å². The van der Waals surface area contributed by atoms with Gasteiger partial charge in [0.05, 0.1) is 36.8 Å². The molecule has 0 aliphatic carbocycles. The highest BCUT2D eigenvalue weighted by Gasteiger charge is 2.09. The van der Waals surface area contributed by atoms with Crippen LogP contribution in [0.4, 0.5) is 17.6 Å². The van der Waals surface area contributed by atoms with Gasteiger partial charge in [-0.25, -0.2) is 4.98 Å². The Morgan fingerprint density at radius 1 is 1.15 bits per heavy atom. The third-order valence-electron chi connectivity index (χ3n) is 3.87. The van der Waals surface area contributed by atoms with Gasteiger partial charge in [0.15, 0.2) is 0 Å². The Balaban J connectivity index is 1.57. The van der Waals surface area contributed by atoms with Crippen molar-refractivity contribution in [2.24, 2.45) is 7.05 Å². The maximum Gasteiger partial charge on any atom is 0.323 e. The number of ether oxygens (including phenoxy) is 1. The molecule has 0 unspecified atom stereocenters. The van der Waals surface area contributed by atoms with Crippen LogP contribution in [-0.4, -0.2) is 31.1 Å². The van der Waals surface area contributed by atoms with E-state index >= 15 is 0 Å². The molecule has 0 spiro atoms. The lowest BCUT2D eigenvalue weighted by Gasteiger charge is -2.10. The number of benzene rings is 1. The van der Waals surface area contributed by atoms with E-state index in [0.717, 1.165) is 22.5 Å². The molecular formula is C18H19N7O2. The second kappa shape index (κ2) is 7.32. The average molecular weight is 365 g/mol. The first-order chi connectivity index (χ1) is 13.2. The van der Waals surface area contributed by atoms with Crippen LogP contribution in [0.15, 0.2) is 47.3 Å². The number of rotatable bonds is 7. The van der Waals surface area contributed by atoms with Gasteiger partial charge in [0.1, 0.15) is 5.76 Å². The molecule has 138 valence electrons. The van der Waals surface area contributed by atoms with Gasteiger partial charge < -0.3 is 24.4 Å². The van der Waals surface area contributed by atoms with Crippen molar-refractivity contribution in [2.45, 2.75) is 13.5 Å². The van der Waals surface area contributed by atoms with E-state index < -0.39 is 0 Å². The number of aromatic nitrogens is 5. The molecule has 9 heteroatoms. The van der Waals surface area contributed by atoms with Crippen molar-refractivity contribution < 1.29 is 9.15 Å². The van der Waals surface area contributed by atoms with E-state index in [4.69, 9.17) is 9.15 Å². The number of nitrogens with one attached hydrogen (secondary N) is 2. The third kappa shape index (κ3) is 3.81. The Kier molecular flexibility index (Phi) is 4.56. The van der Waals surface area contributed by atoms with Gasteiger partial charge in [0.25, 0.3) is 0 Å². The molecule has 27 heavy (non-hydrogen) atoms. The van der Waals surface area contributed by atoms with Crippen LogP contribution in [0.25, 0.3) is 11.0 Å². The molecular weight excluding hydrogens is 346 g/mol. The molecule has 0 bridgehead atoms. The van der Waals surface area contributed by atoms with Crippen molar-refractivity contribution in [3.63, 3.8) is 0 Å². The summed E-state index contributed by atoms with van der Waals surface area (Å²) in [7, 11) is 1.96. The fraction of sp³-hybridized carbons (Fsp3) is 0.222. The molecule has 0 aliphatic heterocycles. The van der Waals surface area contributed by atoms with Gasteiger partial charge in [-0.05, 0) is 37.3 Å². The summed E-state index contributed by atoms with van der Waals surface area (Å²) < 4.78 is 12.7. The van der Waals surface area contributed by atoms with E-state index in [9.17, 15) is 0 Å². The summed E-state index contributed by atoms with van der Waals surface area (Å²) in [6, 6.07) is 9.83. The number of hydrogen-bond acceptors (Lipinski definition) is 8. The minimum absolute atomic E-state index is 0.246. The fourth-order valence-corrected chi connectivity index (χ4v) is 2.61. The summed E-state index contributed by atoms with van der Waals surface area (Å²) in [6.45, 7) is 2.80. The summed E-state index contributed by atoms with van der Waals surface area (Å²) in [5.41, 5.74) is 2.76. The molecule has 4 aromatic rings. The summed E-state index contributed by atoms with van der Waals surface area (Å²) in [6.07, 6.45) is 3.40. The van der Waals surface area contributed by atoms with Crippen LogP contribution < -0.4 is 15.4 Å². The Hall–Kier alpha value is -3.62. The maximum absolute atomic E-state index is 5.45. The topological polar surface area (TPSA) is 103 Å². The predicted octanol–water partition coefficient (Wildman–Crippen LogP) is 3.11. The molecule has 0 saturated heterocycles. The van der Waals surface area contributed by atoms with E-state index in [1.807, 2.05) is 48.9 Å². The Morgan fingerprint density at radius 2 is 2.04 bits per heavy atom. The molecule has 0 atom stereocenters. The predicted molar refractivity (Wildman–Crippen MR) is 101 cm³/mol. The maximum atomic E-state index is 5.45. The molecule has 0 fully saturated rings. The fourth-order valence-electron chi connectivity index (χ4n) is 2.61. The number of aryl methyl sites for hydroxylation is 1. The van der Waals surface area contributed by atoms with E-state index in [-0.39, 0.29) is 6.01 Å². The lowest BCUT2D eigenvalue weighted by molar-refractivity contribution is 0.312. The first-order valence-electron chi connectivity index (χ1n) is 8.54. The zero-order valence-electron chi connectivity index (χ0n) is 15.0. The van der Waals surface area contributed by atoms with Crippen LogP contribution in [0.3, 0.4) is 0 Å². The van der Waals surface area contributed by atoms with E-state index in [0.29, 0.717) is 25.0 Å². The number of nitrogens with zero attached hydrogens (tertiary/aromatic N) is 5. The van der Waals surface area contributed by atoms with Crippen molar-refractivity contribution >= 4 is 28.6 Å². The SMILES string of the molecule is CCOc1nc(NCc2ccco2)nc(Nc2ccc3c(c2)ncn3C)n1. The molecule has 3 aromatic heterocycles. The van der Waals surface area contributed by atoms with Crippen molar-refractivity contribution in [1.82, 2.24) is 24.5 Å². The number of furan rings is 1. The van der Waals surface area contributed by atoms with Gasteiger partial charge in [-0.15, -0.1) is 0 Å². The van der Waals surface area contributed by atoms with Crippen molar-refractivity contribution in [2.75, 3.05) is 17.2 Å². The van der Waals surface area contributed by atoms with Gasteiger partial charge in [-0.3, -0.25) is 0 Å². The lowest BCUT2D eigenvalue weighted by atomic mass is 10.3. The van der Waals surface area contributed by atoms with Gasteiger partial charge in [0, 0.05) is 12.7 Å². The van der Waals surface area contributed by atoms with Gasteiger partial charge in [-0.2, -0.15) is 15.0 Å². The number of fused-ring (bicyclic) bond motifs is 1. The standard InChI is InChI=1S/C18H19N7O2/c1-3-26-18-23-16(19-10-13-5-4-8-27-13)22-17(24-18)21-12-6-7-15-14(9-12)20-11-25(15)2/h4-9,11H,3,10H2,1-2H3,(H2,19,21,22,23,24). The molecule has 2 N–H and O–H groups in total. The highest BCUT2D eigenvalue weighted by atomic mass is 16.5. The van der Waals surface area contributed by atoms with Crippen LogP contribution in [0.5, 0.6) is 6.01 Å². The number of anilines is 3. The Labute approximate surface area is 155 Å².